The maximum atomic E-state index is 13.7. The van der Waals surface area contributed by atoms with Crippen LogP contribution in [0.3, 0.4) is 0 Å². The number of rotatable bonds is 4. The van der Waals surface area contributed by atoms with Gasteiger partial charge in [-0.15, -0.1) is 0 Å². The van der Waals surface area contributed by atoms with Gasteiger partial charge in [0.2, 0.25) is 0 Å². The van der Waals surface area contributed by atoms with E-state index in [0.29, 0.717) is 32.7 Å². The summed E-state index contributed by atoms with van der Waals surface area (Å²) in [4.78, 5) is 19.5. The number of nitrogens with one attached hydrogen (secondary N) is 2. The summed E-state index contributed by atoms with van der Waals surface area (Å²) in [5.41, 5.74) is 1.20. The fourth-order valence-electron chi connectivity index (χ4n) is 3.19. The molecule has 0 bridgehead atoms. The number of benzene rings is 2. The van der Waals surface area contributed by atoms with E-state index >= 15 is 0 Å². The Labute approximate surface area is 172 Å². The molecule has 2 heterocycles. The Bertz CT molecular complexity index is 900. The maximum absolute atomic E-state index is 13.7. The van der Waals surface area contributed by atoms with E-state index in [-0.39, 0.29) is 17.5 Å². The first kappa shape index (κ1) is 19.5. The minimum Gasteiger partial charge on any atom is -0.361 e. The fourth-order valence-corrected chi connectivity index (χ4v) is 4.01. The molecular weight excluding hydrogens is 396 g/mol. The molecule has 0 unspecified atom stereocenters. The van der Waals surface area contributed by atoms with Gasteiger partial charge >= 0.3 is 6.03 Å². The second kappa shape index (κ2) is 8.71. The van der Waals surface area contributed by atoms with Crippen LogP contribution in [-0.4, -0.2) is 47.0 Å². The third kappa shape index (κ3) is 4.80. The van der Waals surface area contributed by atoms with Gasteiger partial charge in [0.05, 0.1) is 12.2 Å². The number of hydrogen-bond acceptors (Lipinski definition) is 5. The molecule has 0 aliphatic carbocycles. The van der Waals surface area contributed by atoms with Gasteiger partial charge < -0.3 is 15.1 Å². The highest BCUT2D eigenvalue weighted by Crippen LogP contribution is 2.26. The molecule has 0 spiro atoms. The van der Waals surface area contributed by atoms with Gasteiger partial charge in [-0.2, -0.15) is 4.83 Å². The van der Waals surface area contributed by atoms with E-state index in [4.69, 9.17) is 0 Å². The number of anilines is 1. The van der Waals surface area contributed by atoms with Crippen LogP contribution in [0.5, 0.6) is 0 Å². The number of halogens is 2. The normalized spacial score (nSPS) is 16.8. The van der Waals surface area contributed by atoms with Gasteiger partial charge in [-0.25, -0.2) is 13.6 Å². The highest BCUT2D eigenvalue weighted by molar-refractivity contribution is 8.01. The molecule has 9 heteroatoms. The summed E-state index contributed by atoms with van der Waals surface area (Å²) in [6.07, 6.45) is 2.02. The number of carbonyl (C=O) groups excluding carboxylic acids is 1. The molecule has 0 atom stereocenters. The predicted molar refractivity (Wildman–Crippen MR) is 109 cm³/mol. The third-order valence-electron chi connectivity index (χ3n) is 4.79. The summed E-state index contributed by atoms with van der Waals surface area (Å²) in [7, 11) is 0. The zero-order valence-corrected chi connectivity index (χ0v) is 16.5. The average molecular weight is 417 g/mol. The summed E-state index contributed by atoms with van der Waals surface area (Å²) in [5.74, 6) is -0.690. The zero-order chi connectivity index (χ0) is 20.2. The summed E-state index contributed by atoms with van der Waals surface area (Å²) >= 11 is 1.51. The number of amides is 2. The average Bonchev–Trinajstić information content (AvgIpc) is 3.20. The lowest BCUT2D eigenvalue weighted by Gasteiger charge is -2.35. The van der Waals surface area contributed by atoms with Gasteiger partial charge in [0, 0.05) is 32.4 Å². The van der Waals surface area contributed by atoms with Crippen molar-refractivity contribution in [1.82, 2.24) is 19.6 Å². The van der Waals surface area contributed by atoms with Crippen LogP contribution in [0.25, 0.3) is 0 Å². The molecule has 4 rings (SSSR count). The molecule has 6 nitrogen and oxygen atoms in total. The first-order chi connectivity index (χ1) is 14.1. The van der Waals surface area contributed by atoms with E-state index < -0.39 is 5.82 Å². The third-order valence-corrected chi connectivity index (χ3v) is 5.69. The number of urea groups is 1. The molecule has 2 aliphatic rings. The largest absolute Gasteiger partial charge is 0.361 e. The van der Waals surface area contributed by atoms with Crippen molar-refractivity contribution in [2.75, 3.05) is 31.5 Å². The van der Waals surface area contributed by atoms with E-state index in [1.54, 1.807) is 35.2 Å². The van der Waals surface area contributed by atoms with Crippen molar-refractivity contribution in [3.05, 3.63) is 77.0 Å². The lowest BCUT2D eigenvalue weighted by molar-refractivity contribution is 0.171. The molecule has 1 saturated heterocycles. The maximum Gasteiger partial charge on any atom is 0.322 e. The molecular formula is C20H21F2N5OS. The summed E-state index contributed by atoms with van der Waals surface area (Å²) < 4.78 is 26.7. The van der Waals surface area contributed by atoms with Gasteiger partial charge in [0.15, 0.2) is 0 Å². The van der Waals surface area contributed by atoms with Gasteiger partial charge in [0.1, 0.15) is 16.7 Å². The first-order valence-electron chi connectivity index (χ1n) is 9.29. The van der Waals surface area contributed by atoms with E-state index in [2.05, 4.69) is 15.0 Å². The number of carbonyl (C=O) groups is 1. The molecule has 0 radical (unpaired) electrons. The number of hydrazine groups is 1. The Morgan fingerprint density at radius 1 is 1.03 bits per heavy atom. The second-order valence-corrected chi connectivity index (χ2v) is 7.60. The predicted octanol–water partition coefficient (Wildman–Crippen LogP) is 3.58. The summed E-state index contributed by atoms with van der Waals surface area (Å²) in [6, 6.07) is 12.3. The van der Waals surface area contributed by atoms with Crippen molar-refractivity contribution >= 4 is 23.7 Å². The van der Waals surface area contributed by atoms with Crippen molar-refractivity contribution in [2.24, 2.45) is 0 Å². The van der Waals surface area contributed by atoms with Crippen molar-refractivity contribution in [3.63, 3.8) is 0 Å². The van der Waals surface area contributed by atoms with Crippen LogP contribution < -0.4 is 10.1 Å². The topological polar surface area (TPSA) is 50.9 Å². The van der Waals surface area contributed by atoms with E-state index in [0.717, 1.165) is 10.6 Å². The molecule has 2 amide bonds. The van der Waals surface area contributed by atoms with Crippen molar-refractivity contribution < 1.29 is 13.6 Å². The molecule has 2 aromatic rings. The van der Waals surface area contributed by atoms with E-state index in [1.807, 2.05) is 11.2 Å². The van der Waals surface area contributed by atoms with Gasteiger partial charge in [0.25, 0.3) is 0 Å². The fraction of sp³-hybridized carbons (Fsp3) is 0.250. The molecule has 0 saturated carbocycles. The van der Waals surface area contributed by atoms with Crippen molar-refractivity contribution in [2.45, 2.75) is 6.54 Å². The highest BCUT2D eigenvalue weighted by atomic mass is 32.2. The minimum absolute atomic E-state index is 0.189. The van der Waals surface area contributed by atoms with Crippen LogP contribution in [0.15, 0.2) is 59.8 Å². The summed E-state index contributed by atoms with van der Waals surface area (Å²) in [5, 5.41) is 5.65. The monoisotopic (exact) mass is 417 g/mol. The molecule has 2 aromatic carbocycles. The zero-order valence-electron chi connectivity index (χ0n) is 15.6. The first-order valence-corrected chi connectivity index (χ1v) is 10.1. The van der Waals surface area contributed by atoms with Crippen molar-refractivity contribution in [3.8, 4) is 0 Å². The number of para-hydroxylation sites is 1. The number of piperazine rings is 1. The Morgan fingerprint density at radius 2 is 1.76 bits per heavy atom. The van der Waals surface area contributed by atoms with E-state index in [1.165, 1.54) is 30.1 Å². The van der Waals surface area contributed by atoms with Gasteiger partial charge in [-0.05, 0) is 41.8 Å². The Hall–Kier alpha value is -2.78. The molecule has 1 fully saturated rings. The quantitative estimate of drug-likeness (QED) is 0.745. The highest BCUT2D eigenvalue weighted by Gasteiger charge is 2.26. The lowest BCUT2D eigenvalue weighted by atomic mass is 10.2. The van der Waals surface area contributed by atoms with Crippen LogP contribution in [-0.2, 0) is 6.54 Å². The number of hydrogen-bond donors (Lipinski definition) is 2. The SMILES string of the molecule is O=C(Nc1ccccc1F)N1CCN(C2=CN(Cc3ccc(F)cc3)NS2)CC1. The Kier molecular flexibility index (Phi) is 5.86. The van der Waals surface area contributed by atoms with Crippen LogP contribution in [0.2, 0.25) is 0 Å². The molecule has 0 aromatic heterocycles. The molecule has 2 N–H and O–H groups in total. The van der Waals surface area contributed by atoms with Crippen LogP contribution in [0.1, 0.15) is 5.56 Å². The molecule has 152 valence electrons. The van der Waals surface area contributed by atoms with Gasteiger partial charge in [-0.1, -0.05) is 24.3 Å². The second-order valence-electron chi connectivity index (χ2n) is 6.80. The molecule has 2 aliphatic heterocycles. The smallest absolute Gasteiger partial charge is 0.322 e. The van der Waals surface area contributed by atoms with Crippen LogP contribution >= 0.6 is 11.9 Å². The van der Waals surface area contributed by atoms with Gasteiger partial charge in [-0.3, -0.25) is 5.01 Å². The number of nitrogens with zero attached hydrogens (tertiary/aromatic N) is 3. The summed E-state index contributed by atoms with van der Waals surface area (Å²) in [6.45, 7) is 3.11. The lowest BCUT2D eigenvalue weighted by Crippen LogP contribution is -2.49. The standard InChI is InChI=1S/C20H21F2N5OS/c21-16-7-5-15(6-8-16)13-27-14-19(29-24-27)25-9-11-26(12-10-25)20(28)23-18-4-2-1-3-17(18)22/h1-8,14,24H,9-13H2,(H,23,28). The minimum atomic E-state index is -0.445. The van der Waals surface area contributed by atoms with E-state index in [9.17, 15) is 13.6 Å². The van der Waals surface area contributed by atoms with Crippen LogP contribution in [0.4, 0.5) is 19.3 Å². The Morgan fingerprint density at radius 3 is 2.48 bits per heavy atom. The molecule has 29 heavy (non-hydrogen) atoms. The van der Waals surface area contributed by atoms with Crippen LogP contribution in [0, 0.1) is 11.6 Å². The van der Waals surface area contributed by atoms with Crippen molar-refractivity contribution in [1.29, 1.82) is 0 Å². The Balaban J connectivity index is 1.28.